The molecule has 0 heterocycles. The molecule has 3 rings (SSSR count). The molecule has 0 saturated heterocycles. The molecule has 1 aliphatic carbocycles. The van der Waals surface area contributed by atoms with Gasteiger partial charge in [0, 0.05) is 11.4 Å². The number of hydrogen-bond donors (Lipinski definition) is 1. The number of rotatable bonds is 9. The number of benzene rings is 2. The average molecular weight is 472 g/mol. The molecule has 0 radical (unpaired) electrons. The van der Waals surface area contributed by atoms with E-state index < -0.39 is 19.7 Å². The molecule has 2 aromatic rings. The van der Waals surface area contributed by atoms with Crippen LogP contribution in [0.5, 0.6) is 0 Å². The van der Waals surface area contributed by atoms with Crippen LogP contribution in [0.1, 0.15) is 67.7 Å². The molecule has 0 aromatic heterocycles. The zero-order valence-corrected chi connectivity index (χ0v) is 22.7. The van der Waals surface area contributed by atoms with E-state index >= 15 is 0 Å². The van der Waals surface area contributed by atoms with Gasteiger partial charge < -0.3 is 8.98 Å². The lowest BCUT2D eigenvalue weighted by Gasteiger charge is -2.45. The largest absolute Gasteiger partial charge is 0.598 e. The topological polar surface area (TPSA) is 44.3 Å². The summed E-state index contributed by atoms with van der Waals surface area (Å²) in [5.41, 5.74) is -0.341. The Morgan fingerprint density at radius 1 is 0.875 bits per heavy atom. The molecule has 2 aromatic carbocycles. The van der Waals surface area contributed by atoms with Crippen molar-refractivity contribution in [2.24, 2.45) is 5.92 Å². The number of nitrogens with one attached hydrogen (secondary N) is 1. The summed E-state index contributed by atoms with van der Waals surface area (Å²) >= 11 is -1.15. The molecule has 5 heteroatoms. The van der Waals surface area contributed by atoms with E-state index in [-0.39, 0.29) is 15.3 Å². The van der Waals surface area contributed by atoms with Crippen LogP contribution in [0.4, 0.5) is 0 Å². The van der Waals surface area contributed by atoms with Gasteiger partial charge in [-0.3, -0.25) is 0 Å². The van der Waals surface area contributed by atoms with E-state index in [1.807, 2.05) is 20.8 Å². The van der Waals surface area contributed by atoms with Crippen molar-refractivity contribution in [3.05, 3.63) is 60.7 Å². The Morgan fingerprint density at radius 2 is 1.34 bits per heavy atom. The summed E-state index contributed by atoms with van der Waals surface area (Å²) in [7, 11) is -2.63. The maximum absolute atomic E-state index is 13.1. The summed E-state index contributed by atoms with van der Waals surface area (Å²) in [6.45, 7) is 15.7. The van der Waals surface area contributed by atoms with Gasteiger partial charge in [-0.15, -0.1) is 4.72 Å². The number of hydrogen-bond acceptors (Lipinski definition) is 3. The van der Waals surface area contributed by atoms with Gasteiger partial charge in [0.1, 0.15) is 4.75 Å². The minimum Gasteiger partial charge on any atom is -0.598 e. The smallest absolute Gasteiger partial charge is 0.261 e. The third kappa shape index (κ3) is 5.87. The molecule has 0 spiro atoms. The molecule has 1 fully saturated rings. The third-order valence-electron chi connectivity index (χ3n) is 6.36. The molecular formula is C27H41NO2SSi. The zero-order chi connectivity index (χ0) is 23.6. The van der Waals surface area contributed by atoms with Crippen molar-refractivity contribution in [1.29, 1.82) is 0 Å². The SMILES string of the molecule is CC(C)(C)[S+]([O-])N[C@](C)(CO[Si](c1ccccc1)(c1ccccc1)C(C)(C)C)CC1CC1. The Hall–Kier alpha value is -1.11. The van der Waals surface area contributed by atoms with Crippen LogP contribution in [0.3, 0.4) is 0 Å². The minimum atomic E-state index is -2.63. The van der Waals surface area contributed by atoms with Gasteiger partial charge in [0.15, 0.2) is 0 Å². The molecule has 32 heavy (non-hydrogen) atoms. The molecule has 0 bridgehead atoms. The highest BCUT2D eigenvalue weighted by molar-refractivity contribution is 7.90. The first kappa shape index (κ1) is 25.5. The second-order valence-electron chi connectivity index (χ2n) is 11.6. The fourth-order valence-corrected chi connectivity index (χ4v) is 10.1. The fraction of sp³-hybridized carbons (Fsp3) is 0.556. The van der Waals surface area contributed by atoms with E-state index in [0.29, 0.717) is 12.5 Å². The van der Waals surface area contributed by atoms with Crippen molar-refractivity contribution in [1.82, 2.24) is 4.72 Å². The molecule has 1 aliphatic rings. The summed E-state index contributed by atoms with van der Waals surface area (Å²) in [5, 5.41) is 2.49. The van der Waals surface area contributed by atoms with Crippen LogP contribution in [-0.2, 0) is 15.8 Å². The van der Waals surface area contributed by atoms with Crippen LogP contribution in [-0.4, -0.2) is 29.8 Å². The maximum Gasteiger partial charge on any atom is 0.261 e. The fourth-order valence-electron chi connectivity index (χ4n) is 4.50. The zero-order valence-electron chi connectivity index (χ0n) is 20.9. The molecule has 1 unspecified atom stereocenters. The lowest BCUT2D eigenvalue weighted by molar-refractivity contribution is 0.189. The van der Waals surface area contributed by atoms with E-state index in [9.17, 15) is 4.55 Å². The summed E-state index contributed by atoms with van der Waals surface area (Å²) < 4.78 is 23.5. The Bertz CT molecular complexity index is 819. The van der Waals surface area contributed by atoms with E-state index in [1.165, 1.54) is 23.2 Å². The quantitative estimate of drug-likeness (QED) is 0.405. The Kier molecular flexibility index (Phi) is 7.68. The van der Waals surface area contributed by atoms with E-state index in [4.69, 9.17) is 4.43 Å². The average Bonchev–Trinajstić information content (AvgIpc) is 3.52. The van der Waals surface area contributed by atoms with Gasteiger partial charge in [-0.2, -0.15) is 0 Å². The highest BCUT2D eigenvalue weighted by atomic mass is 32.2. The van der Waals surface area contributed by atoms with Crippen molar-refractivity contribution >= 4 is 30.1 Å². The maximum atomic E-state index is 13.1. The molecular weight excluding hydrogens is 430 g/mol. The lowest BCUT2D eigenvalue weighted by atomic mass is 9.97. The predicted molar refractivity (Wildman–Crippen MR) is 140 cm³/mol. The summed E-state index contributed by atoms with van der Waals surface area (Å²) in [5.74, 6) is 0.701. The first-order chi connectivity index (χ1) is 14.9. The first-order valence-electron chi connectivity index (χ1n) is 11.8. The van der Waals surface area contributed by atoms with Crippen molar-refractivity contribution in [3.63, 3.8) is 0 Å². The van der Waals surface area contributed by atoms with Crippen LogP contribution in [0, 0.1) is 5.92 Å². The van der Waals surface area contributed by atoms with Gasteiger partial charge in [-0.1, -0.05) is 94.3 Å². The monoisotopic (exact) mass is 471 g/mol. The normalized spacial score (nSPS) is 18.2. The third-order valence-corrected chi connectivity index (χ3v) is 13.1. The van der Waals surface area contributed by atoms with Crippen LogP contribution in [0.25, 0.3) is 0 Å². The predicted octanol–water partition coefficient (Wildman–Crippen LogP) is 5.17. The molecule has 1 N–H and O–H groups in total. The van der Waals surface area contributed by atoms with E-state index in [2.05, 4.69) is 93.1 Å². The second kappa shape index (κ2) is 9.63. The Morgan fingerprint density at radius 3 is 1.72 bits per heavy atom. The van der Waals surface area contributed by atoms with Gasteiger partial charge in [-0.25, -0.2) is 0 Å². The minimum absolute atomic E-state index is 0.0701. The van der Waals surface area contributed by atoms with Crippen molar-refractivity contribution in [2.45, 2.75) is 83.1 Å². The highest BCUT2D eigenvalue weighted by Crippen LogP contribution is 2.40. The molecule has 0 amide bonds. The summed E-state index contributed by atoms with van der Waals surface area (Å²) in [6.07, 6.45) is 3.52. The summed E-state index contributed by atoms with van der Waals surface area (Å²) in [4.78, 5) is 0. The van der Waals surface area contributed by atoms with Gasteiger partial charge in [0.25, 0.3) is 8.32 Å². The van der Waals surface area contributed by atoms with Crippen molar-refractivity contribution in [3.8, 4) is 0 Å². The van der Waals surface area contributed by atoms with Gasteiger partial charge in [0.2, 0.25) is 0 Å². The first-order valence-corrected chi connectivity index (χ1v) is 14.9. The molecule has 2 atom stereocenters. The molecule has 3 nitrogen and oxygen atoms in total. The lowest BCUT2D eigenvalue weighted by Crippen LogP contribution is -2.68. The van der Waals surface area contributed by atoms with E-state index in [0.717, 1.165) is 6.42 Å². The Balaban J connectivity index is 2.01. The van der Waals surface area contributed by atoms with Crippen molar-refractivity contribution < 1.29 is 8.98 Å². The Labute approximate surface area is 199 Å². The van der Waals surface area contributed by atoms with Crippen LogP contribution in [0.2, 0.25) is 5.04 Å². The molecule has 0 aliphatic heterocycles. The van der Waals surface area contributed by atoms with Gasteiger partial charge >= 0.3 is 0 Å². The van der Waals surface area contributed by atoms with Crippen molar-refractivity contribution in [2.75, 3.05) is 6.61 Å². The van der Waals surface area contributed by atoms with Crippen LogP contribution >= 0.6 is 0 Å². The summed E-state index contributed by atoms with van der Waals surface area (Å²) in [6, 6.07) is 21.5. The second-order valence-corrected chi connectivity index (χ2v) is 17.9. The van der Waals surface area contributed by atoms with E-state index in [1.54, 1.807) is 0 Å². The van der Waals surface area contributed by atoms with Gasteiger partial charge in [0.05, 0.1) is 12.1 Å². The molecule has 176 valence electrons. The van der Waals surface area contributed by atoms with Gasteiger partial charge in [-0.05, 0) is 55.4 Å². The highest BCUT2D eigenvalue weighted by Gasteiger charge is 2.52. The van der Waals surface area contributed by atoms with Crippen LogP contribution in [0.15, 0.2) is 60.7 Å². The van der Waals surface area contributed by atoms with Crippen LogP contribution < -0.4 is 15.1 Å². The molecule has 1 saturated carbocycles. The standard InChI is InChI=1S/C27H41NO2SSi/c1-25(2,3)31(29)28-27(7,20-22-18-19-22)21-30-32(26(4,5)6,23-14-10-8-11-15-23)24-16-12-9-13-17-24/h8-17,22,28H,18-21H2,1-7H3/t27-,31?/m0/s1.